The van der Waals surface area contributed by atoms with Crippen LogP contribution in [0.2, 0.25) is 5.02 Å². The standard InChI is InChI=1S/C19H27ClN2O4/c1-3-22(12-19(24)25)15-10-14(11-15)21-18(23)5-4-8-26-16-6-7-17(20)13(2)9-16/h6-7,9,14-15H,3-5,8,10-12H2,1-2H3,(H,21,23)(H,24,25). The van der Waals surface area contributed by atoms with Crippen molar-refractivity contribution in [3.63, 3.8) is 0 Å². The first-order valence-electron chi connectivity index (χ1n) is 9.03. The summed E-state index contributed by atoms with van der Waals surface area (Å²) in [4.78, 5) is 24.8. The molecule has 1 aromatic carbocycles. The first-order chi connectivity index (χ1) is 12.4. The van der Waals surface area contributed by atoms with Gasteiger partial charge < -0.3 is 15.2 Å². The van der Waals surface area contributed by atoms with Crippen molar-refractivity contribution in [2.24, 2.45) is 0 Å². The fraction of sp³-hybridized carbons (Fsp3) is 0.579. The Morgan fingerprint density at radius 1 is 1.38 bits per heavy atom. The number of carbonyl (C=O) groups is 2. The van der Waals surface area contributed by atoms with Crippen molar-refractivity contribution < 1.29 is 19.4 Å². The summed E-state index contributed by atoms with van der Waals surface area (Å²) in [7, 11) is 0. The minimum atomic E-state index is -0.810. The zero-order valence-electron chi connectivity index (χ0n) is 15.3. The second-order valence-corrected chi connectivity index (χ2v) is 7.12. The van der Waals surface area contributed by atoms with Gasteiger partial charge in [0.15, 0.2) is 0 Å². The summed E-state index contributed by atoms with van der Waals surface area (Å²) in [6, 6.07) is 5.90. The van der Waals surface area contributed by atoms with Crippen LogP contribution in [0.25, 0.3) is 0 Å². The van der Waals surface area contributed by atoms with Gasteiger partial charge in [-0.2, -0.15) is 0 Å². The average molecular weight is 383 g/mol. The van der Waals surface area contributed by atoms with Gasteiger partial charge in [-0.3, -0.25) is 14.5 Å². The lowest BCUT2D eigenvalue weighted by molar-refractivity contribution is -0.139. The molecule has 0 atom stereocenters. The number of carboxylic acid groups (broad SMARTS) is 1. The van der Waals surface area contributed by atoms with Crippen molar-refractivity contribution in [2.75, 3.05) is 19.7 Å². The Bertz CT molecular complexity index is 632. The van der Waals surface area contributed by atoms with Crippen molar-refractivity contribution in [1.29, 1.82) is 0 Å². The van der Waals surface area contributed by atoms with E-state index >= 15 is 0 Å². The third-order valence-electron chi connectivity index (χ3n) is 4.69. The summed E-state index contributed by atoms with van der Waals surface area (Å²) in [6.07, 6.45) is 2.69. The molecule has 1 aliphatic rings. The van der Waals surface area contributed by atoms with Crippen LogP contribution in [0.15, 0.2) is 18.2 Å². The van der Waals surface area contributed by atoms with Crippen LogP contribution in [-0.2, 0) is 9.59 Å². The molecule has 2 N–H and O–H groups in total. The number of hydrogen-bond donors (Lipinski definition) is 2. The van der Waals surface area contributed by atoms with Crippen molar-refractivity contribution in [3.05, 3.63) is 28.8 Å². The Hall–Kier alpha value is -1.79. The van der Waals surface area contributed by atoms with Crippen molar-refractivity contribution in [3.8, 4) is 5.75 Å². The fourth-order valence-corrected chi connectivity index (χ4v) is 3.22. The molecule has 1 saturated carbocycles. The van der Waals surface area contributed by atoms with Gasteiger partial charge >= 0.3 is 5.97 Å². The van der Waals surface area contributed by atoms with Crippen LogP contribution in [0.1, 0.15) is 38.2 Å². The zero-order valence-corrected chi connectivity index (χ0v) is 16.1. The highest BCUT2D eigenvalue weighted by molar-refractivity contribution is 6.31. The number of aliphatic carboxylic acids is 1. The summed E-state index contributed by atoms with van der Waals surface area (Å²) >= 11 is 5.97. The molecule has 0 heterocycles. The van der Waals surface area contributed by atoms with Crippen LogP contribution in [0, 0.1) is 6.92 Å². The van der Waals surface area contributed by atoms with E-state index in [2.05, 4.69) is 5.32 Å². The number of likely N-dealkylation sites (N-methyl/N-ethyl adjacent to an activating group) is 1. The highest BCUT2D eigenvalue weighted by Crippen LogP contribution is 2.25. The Kier molecular flexibility index (Phi) is 7.72. The predicted octanol–water partition coefficient (Wildman–Crippen LogP) is 2.86. The number of nitrogens with one attached hydrogen (secondary N) is 1. The number of halogens is 1. The lowest BCUT2D eigenvalue weighted by Crippen LogP contribution is -2.54. The number of amides is 1. The van der Waals surface area contributed by atoms with Gasteiger partial charge in [0.1, 0.15) is 5.75 Å². The number of carbonyl (C=O) groups excluding carboxylic acids is 1. The maximum Gasteiger partial charge on any atom is 0.317 e. The summed E-state index contributed by atoms with van der Waals surface area (Å²) in [5.41, 5.74) is 0.963. The Balaban J connectivity index is 1.60. The highest BCUT2D eigenvalue weighted by atomic mass is 35.5. The molecule has 7 heteroatoms. The van der Waals surface area contributed by atoms with Crippen LogP contribution in [0.4, 0.5) is 0 Å². The van der Waals surface area contributed by atoms with Gasteiger partial charge in [-0.05, 0) is 56.5 Å². The van der Waals surface area contributed by atoms with E-state index in [-0.39, 0.29) is 24.5 Å². The lowest BCUT2D eigenvalue weighted by Gasteiger charge is -2.42. The van der Waals surface area contributed by atoms with E-state index in [9.17, 15) is 9.59 Å². The predicted molar refractivity (Wildman–Crippen MR) is 101 cm³/mol. The highest BCUT2D eigenvalue weighted by Gasteiger charge is 2.34. The van der Waals surface area contributed by atoms with Crippen LogP contribution in [0.3, 0.4) is 0 Å². The number of rotatable bonds is 10. The van der Waals surface area contributed by atoms with E-state index in [4.69, 9.17) is 21.4 Å². The van der Waals surface area contributed by atoms with Crippen LogP contribution in [0.5, 0.6) is 5.75 Å². The number of carboxylic acids is 1. The number of ether oxygens (including phenoxy) is 1. The molecule has 6 nitrogen and oxygen atoms in total. The minimum Gasteiger partial charge on any atom is -0.494 e. The van der Waals surface area contributed by atoms with Gasteiger partial charge in [-0.15, -0.1) is 0 Å². The van der Waals surface area contributed by atoms with E-state index in [0.717, 1.165) is 24.2 Å². The number of nitrogens with zero attached hydrogens (tertiary/aromatic N) is 1. The SMILES string of the molecule is CCN(CC(=O)O)C1CC(NC(=O)CCCOc2ccc(Cl)c(C)c2)C1. The van der Waals surface area contributed by atoms with E-state index in [1.54, 1.807) is 6.07 Å². The van der Waals surface area contributed by atoms with Gasteiger partial charge in [0, 0.05) is 23.5 Å². The number of aryl methyl sites for hydroxylation is 1. The molecule has 1 fully saturated rings. The first kappa shape index (κ1) is 20.5. The molecule has 144 valence electrons. The number of benzene rings is 1. The summed E-state index contributed by atoms with van der Waals surface area (Å²) in [5, 5.41) is 12.6. The molecule has 0 spiro atoms. The molecule has 2 rings (SSSR count). The zero-order chi connectivity index (χ0) is 19.1. The molecule has 0 aliphatic heterocycles. The molecule has 0 radical (unpaired) electrons. The fourth-order valence-electron chi connectivity index (χ4n) is 3.11. The third-order valence-corrected chi connectivity index (χ3v) is 5.11. The Morgan fingerprint density at radius 2 is 2.12 bits per heavy atom. The second-order valence-electron chi connectivity index (χ2n) is 6.71. The van der Waals surface area contributed by atoms with Crippen LogP contribution < -0.4 is 10.1 Å². The molecule has 0 saturated heterocycles. The van der Waals surface area contributed by atoms with E-state index in [1.807, 2.05) is 30.9 Å². The minimum absolute atomic E-state index is 0.0191. The molecule has 0 bridgehead atoms. The monoisotopic (exact) mass is 382 g/mol. The lowest BCUT2D eigenvalue weighted by atomic mass is 9.85. The molecular weight excluding hydrogens is 356 g/mol. The van der Waals surface area contributed by atoms with Crippen molar-refractivity contribution >= 4 is 23.5 Å². The summed E-state index contributed by atoms with van der Waals surface area (Å²) in [5.74, 6) is -0.0342. The Labute approximate surface area is 159 Å². The molecular formula is C19H27ClN2O4. The topological polar surface area (TPSA) is 78.9 Å². The molecule has 0 aromatic heterocycles. The van der Waals surface area contributed by atoms with Crippen LogP contribution >= 0.6 is 11.6 Å². The smallest absolute Gasteiger partial charge is 0.317 e. The molecule has 0 unspecified atom stereocenters. The van der Waals surface area contributed by atoms with Gasteiger partial charge in [-0.1, -0.05) is 18.5 Å². The Morgan fingerprint density at radius 3 is 2.73 bits per heavy atom. The van der Waals surface area contributed by atoms with Gasteiger partial charge in [0.05, 0.1) is 13.2 Å². The molecule has 1 aliphatic carbocycles. The van der Waals surface area contributed by atoms with E-state index in [0.29, 0.717) is 31.0 Å². The van der Waals surface area contributed by atoms with E-state index in [1.165, 1.54) is 0 Å². The maximum absolute atomic E-state index is 12.0. The number of hydrogen-bond acceptors (Lipinski definition) is 4. The van der Waals surface area contributed by atoms with Gasteiger partial charge in [0.25, 0.3) is 0 Å². The first-order valence-corrected chi connectivity index (χ1v) is 9.41. The molecule has 26 heavy (non-hydrogen) atoms. The van der Waals surface area contributed by atoms with Crippen molar-refractivity contribution in [1.82, 2.24) is 10.2 Å². The second kappa shape index (κ2) is 9.78. The molecule has 1 aromatic rings. The third kappa shape index (κ3) is 6.18. The molecule has 1 amide bonds. The van der Waals surface area contributed by atoms with Crippen molar-refractivity contribution in [2.45, 2.75) is 51.6 Å². The maximum atomic E-state index is 12.0. The quantitative estimate of drug-likeness (QED) is 0.608. The average Bonchev–Trinajstić information content (AvgIpc) is 2.55. The summed E-state index contributed by atoms with van der Waals surface area (Å²) < 4.78 is 5.64. The van der Waals surface area contributed by atoms with Gasteiger partial charge in [0.2, 0.25) is 5.91 Å². The van der Waals surface area contributed by atoms with E-state index < -0.39 is 5.97 Å². The van der Waals surface area contributed by atoms with Gasteiger partial charge in [-0.25, -0.2) is 0 Å². The normalized spacial score (nSPS) is 19.1. The van der Waals surface area contributed by atoms with Crippen LogP contribution in [-0.4, -0.2) is 53.7 Å². The largest absolute Gasteiger partial charge is 0.494 e. The summed E-state index contributed by atoms with van der Waals surface area (Å²) in [6.45, 7) is 5.12.